The Balaban J connectivity index is 2.98. The molecular weight excluding hydrogens is 196 g/mol. The molecule has 1 rings (SSSR count). The molecule has 1 aliphatic rings. The summed E-state index contributed by atoms with van der Waals surface area (Å²) < 4.78 is 50.6. The van der Waals surface area contributed by atoms with Crippen LogP contribution in [0.4, 0.5) is 17.6 Å². The van der Waals surface area contributed by atoms with Gasteiger partial charge in [-0.1, -0.05) is 13.0 Å². The minimum Gasteiger partial charge on any atom is -0.207 e. The minimum absolute atomic E-state index is 0.174. The highest BCUT2D eigenvalue weighted by atomic mass is 19.4. The van der Waals surface area contributed by atoms with Gasteiger partial charge in [0.1, 0.15) is 5.83 Å². The summed E-state index contributed by atoms with van der Waals surface area (Å²) in [5.41, 5.74) is -1.68. The third kappa shape index (κ3) is 1.83. The largest absolute Gasteiger partial charge is 0.397 e. The molecule has 0 fully saturated rings. The van der Waals surface area contributed by atoms with Crippen molar-refractivity contribution in [2.75, 3.05) is 0 Å². The van der Waals surface area contributed by atoms with Crippen LogP contribution in [-0.2, 0) is 0 Å². The first-order valence-electron chi connectivity index (χ1n) is 4.44. The number of alkyl halides is 3. The highest BCUT2D eigenvalue weighted by molar-refractivity contribution is 5.32. The summed E-state index contributed by atoms with van der Waals surface area (Å²) in [4.78, 5) is 0. The van der Waals surface area contributed by atoms with E-state index in [9.17, 15) is 17.6 Å². The van der Waals surface area contributed by atoms with Crippen molar-refractivity contribution < 1.29 is 17.6 Å². The van der Waals surface area contributed by atoms with Gasteiger partial charge in [0.2, 0.25) is 0 Å². The van der Waals surface area contributed by atoms with Crippen molar-refractivity contribution in [2.45, 2.75) is 32.9 Å². The Kier molecular flexibility index (Phi) is 2.74. The Bertz CT molecular complexity index is 285. The second kappa shape index (κ2) is 3.41. The summed E-state index contributed by atoms with van der Waals surface area (Å²) in [5.74, 6) is -0.737. The number of rotatable bonds is 1. The maximum Gasteiger partial charge on any atom is 0.397 e. The number of hydrogen-bond donors (Lipinski definition) is 0. The molecule has 0 aromatic rings. The first-order chi connectivity index (χ1) is 6.30. The highest BCUT2D eigenvalue weighted by Gasteiger charge is 2.50. The van der Waals surface area contributed by atoms with E-state index in [1.54, 1.807) is 6.92 Å². The fraction of sp³-hybridized carbons (Fsp3) is 0.600. The van der Waals surface area contributed by atoms with E-state index in [0.29, 0.717) is 18.1 Å². The van der Waals surface area contributed by atoms with Gasteiger partial charge in [0, 0.05) is 0 Å². The molecule has 0 aromatic carbocycles. The molecule has 1 atom stereocenters. The van der Waals surface area contributed by atoms with Crippen LogP contribution in [0.15, 0.2) is 23.6 Å². The van der Waals surface area contributed by atoms with Gasteiger partial charge in [-0.15, -0.1) is 0 Å². The molecule has 0 aliphatic heterocycles. The van der Waals surface area contributed by atoms with E-state index >= 15 is 0 Å². The van der Waals surface area contributed by atoms with E-state index in [0.717, 1.165) is 6.92 Å². The lowest BCUT2D eigenvalue weighted by molar-refractivity contribution is -0.199. The minimum atomic E-state index is -4.39. The van der Waals surface area contributed by atoms with Gasteiger partial charge in [-0.25, -0.2) is 4.39 Å². The first-order valence-corrected chi connectivity index (χ1v) is 4.44. The Labute approximate surface area is 80.3 Å². The number of hydrogen-bond acceptors (Lipinski definition) is 0. The topological polar surface area (TPSA) is 0 Å². The molecule has 0 nitrogen and oxygen atoms in total. The Morgan fingerprint density at radius 3 is 2.36 bits per heavy atom. The Hall–Kier alpha value is -0.800. The molecule has 0 saturated heterocycles. The van der Waals surface area contributed by atoms with Gasteiger partial charge in [0.25, 0.3) is 0 Å². The van der Waals surface area contributed by atoms with Gasteiger partial charge >= 0.3 is 6.18 Å². The second-order valence-electron chi connectivity index (χ2n) is 3.69. The van der Waals surface area contributed by atoms with E-state index in [1.165, 1.54) is 6.08 Å². The molecule has 80 valence electrons. The van der Waals surface area contributed by atoms with Gasteiger partial charge in [-0.05, 0) is 31.4 Å². The lowest BCUT2D eigenvalue weighted by Gasteiger charge is -2.30. The summed E-state index contributed by atoms with van der Waals surface area (Å²) in [6.07, 6.45) is -2.11. The molecule has 0 N–H and O–H groups in total. The molecule has 0 spiro atoms. The Morgan fingerprint density at radius 1 is 1.43 bits per heavy atom. The lowest BCUT2D eigenvalue weighted by Crippen LogP contribution is -2.34. The molecule has 1 unspecified atom stereocenters. The smallest absolute Gasteiger partial charge is 0.207 e. The molecular formula is C10H12F4. The third-order valence-corrected chi connectivity index (χ3v) is 2.55. The van der Waals surface area contributed by atoms with E-state index < -0.39 is 17.4 Å². The van der Waals surface area contributed by atoms with Crippen molar-refractivity contribution in [2.24, 2.45) is 5.41 Å². The van der Waals surface area contributed by atoms with Crippen molar-refractivity contribution in [1.82, 2.24) is 0 Å². The van der Waals surface area contributed by atoms with Crippen molar-refractivity contribution in [3.63, 3.8) is 0 Å². The molecule has 0 heterocycles. The lowest BCUT2D eigenvalue weighted by atomic mass is 9.80. The summed E-state index contributed by atoms with van der Waals surface area (Å²) in [7, 11) is 0. The maximum atomic E-state index is 13.2. The van der Waals surface area contributed by atoms with Gasteiger partial charge < -0.3 is 0 Å². The monoisotopic (exact) mass is 208 g/mol. The summed E-state index contributed by atoms with van der Waals surface area (Å²) >= 11 is 0. The Morgan fingerprint density at radius 2 is 2.00 bits per heavy atom. The van der Waals surface area contributed by atoms with Crippen LogP contribution in [0.3, 0.4) is 0 Å². The molecule has 1 aliphatic carbocycles. The normalized spacial score (nSPS) is 28.4. The molecule has 4 heteroatoms. The quantitative estimate of drug-likeness (QED) is 0.568. The zero-order valence-electron chi connectivity index (χ0n) is 8.08. The summed E-state index contributed by atoms with van der Waals surface area (Å²) in [6.45, 7) is 2.73. The molecule has 0 radical (unpaired) electrons. The summed E-state index contributed by atoms with van der Waals surface area (Å²) in [5, 5.41) is 0. The fourth-order valence-electron chi connectivity index (χ4n) is 1.37. The van der Waals surface area contributed by atoms with E-state index in [1.807, 2.05) is 0 Å². The second-order valence-corrected chi connectivity index (χ2v) is 3.69. The third-order valence-electron chi connectivity index (χ3n) is 2.55. The van der Waals surface area contributed by atoms with Crippen LogP contribution in [0.1, 0.15) is 26.7 Å². The fourth-order valence-corrected chi connectivity index (χ4v) is 1.37. The van der Waals surface area contributed by atoms with E-state index in [2.05, 4.69) is 0 Å². The van der Waals surface area contributed by atoms with Crippen LogP contribution in [0.25, 0.3) is 0 Å². The van der Waals surface area contributed by atoms with Crippen molar-refractivity contribution >= 4 is 0 Å². The van der Waals surface area contributed by atoms with Crippen LogP contribution in [0.5, 0.6) is 0 Å². The van der Waals surface area contributed by atoms with Crippen molar-refractivity contribution in [3.05, 3.63) is 23.6 Å². The molecule has 0 amide bonds. The predicted octanol–water partition coefficient (Wildman–Crippen LogP) is 4.15. The van der Waals surface area contributed by atoms with Crippen molar-refractivity contribution in [1.29, 1.82) is 0 Å². The van der Waals surface area contributed by atoms with E-state index in [-0.39, 0.29) is 6.42 Å². The average Bonchev–Trinajstić information content (AvgIpc) is 2.02. The first kappa shape index (κ1) is 11.3. The highest BCUT2D eigenvalue weighted by Crippen LogP contribution is 2.46. The van der Waals surface area contributed by atoms with Gasteiger partial charge in [0.15, 0.2) is 0 Å². The zero-order chi connectivity index (χ0) is 11.0. The standard InChI is InChI=1S/C10H12F4/c1-3-7-4-5-9(2,6-8(7)11)10(12,13)14/h4,6H,3,5H2,1-2H3. The van der Waals surface area contributed by atoms with E-state index in [4.69, 9.17) is 0 Å². The van der Waals surface area contributed by atoms with Gasteiger partial charge in [-0.2, -0.15) is 13.2 Å². The van der Waals surface area contributed by atoms with Crippen LogP contribution in [0.2, 0.25) is 0 Å². The molecule has 0 bridgehead atoms. The molecule has 0 saturated carbocycles. The molecule has 14 heavy (non-hydrogen) atoms. The van der Waals surface area contributed by atoms with Crippen LogP contribution < -0.4 is 0 Å². The van der Waals surface area contributed by atoms with Crippen LogP contribution >= 0.6 is 0 Å². The molecule has 0 aromatic heterocycles. The number of allylic oxidation sites excluding steroid dienone is 4. The SMILES string of the molecule is CCC1=CCC(C)(C(F)(F)F)C=C1F. The van der Waals surface area contributed by atoms with Crippen LogP contribution in [0, 0.1) is 5.41 Å². The van der Waals surface area contributed by atoms with Gasteiger partial charge in [-0.3, -0.25) is 0 Å². The zero-order valence-corrected chi connectivity index (χ0v) is 8.08. The summed E-state index contributed by atoms with van der Waals surface area (Å²) in [6, 6.07) is 0. The van der Waals surface area contributed by atoms with Gasteiger partial charge in [0.05, 0.1) is 5.41 Å². The maximum absolute atomic E-state index is 13.2. The number of halogens is 4. The average molecular weight is 208 g/mol. The van der Waals surface area contributed by atoms with Crippen molar-refractivity contribution in [3.8, 4) is 0 Å². The van der Waals surface area contributed by atoms with Crippen LogP contribution in [-0.4, -0.2) is 6.18 Å². The predicted molar refractivity (Wildman–Crippen MR) is 46.3 cm³/mol.